The average molecular weight is 254 g/mol. The van der Waals surface area contributed by atoms with E-state index in [4.69, 9.17) is 0 Å². The Bertz CT molecular complexity index is 315. The molecule has 0 N–H and O–H groups in total. The van der Waals surface area contributed by atoms with Crippen molar-refractivity contribution in [2.75, 3.05) is 0 Å². The van der Waals surface area contributed by atoms with Crippen molar-refractivity contribution in [3.63, 3.8) is 0 Å². The van der Waals surface area contributed by atoms with E-state index in [2.05, 4.69) is 20.9 Å². The van der Waals surface area contributed by atoms with E-state index in [1.807, 2.05) is 0 Å². The van der Waals surface area contributed by atoms with E-state index < -0.39 is 12.2 Å². The number of pyridine rings is 1. The Morgan fingerprint density at radius 3 is 2.62 bits per heavy atom. The molecule has 13 heavy (non-hydrogen) atoms. The second kappa shape index (κ2) is 4.09. The van der Waals surface area contributed by atoms with E-state index in [0.29, 0.717) is 0 Å². The number of aromatic nitrogens is 1. The summed E-state index contributed by atoms with van der Waals surface area (Å²) in [6.07, 6.45) is -2.67. The van der Waals surface area contributed by atoms with Crippen molar-refractivity contribution in [1.82, 2.24) is 4.98 Å². The molecule has 0 atom stereocenters. The van der Waals surface area contributed by atoms with Crippen LogP contribution in [0.3, 0.4) is 0 Å². The molecule has 0 amide bonds. The maximum atomic E-state index is 13.0. The summed E-state index contributed by atoms with van der Waals surface area (Å²) < 4.78 is 37.4. The molecule has 0 spiro atoms. The number of halogens is 4. The molecule has 5 heteroatoms. The van der Waals surface area contributed by atoms with Gasteiger partial charge in [0.05, 0.1) is 5.69 Å². The van der Waals surface area contributed by atoms with Crippen LogP contribution in [0.4, 0.5) is 13.2 Å². The van der Waals surface area contributed by atoms with Gasteiger partial charge in [0, 0.05) is 16.6 Å². The molecule has 0 aromatic carbocycles. The predicted octanol–water partition coefficient (Wildman–Crippen LogP) is 3.36. The third kappa shape index (κ3) is 2.21. The third-order valence-electron chi connectivity index (χ3n) is 1.64. The smallest absolute Gasteiger partial charge is 0.254 e. The van der Waals surface area contributed by atoms with Gasteiger partial charge in [0.25, 0.3) is 6.43 Å². The van der Waals surface area contributed by atoms with Crippen LogP contribution in [0.2, 0.25) is 0 Å². The summed E-state index contributed by atoms with van der Waals surface area (Å²) >= 11 is 3.01. The maximum absolute atomic E-state index is 13.0. The lowest BCUT2D eigenvalue weighted by Gasteiger charge is -2.06. The van der Waals surface area contributed by atoms with Gasteiger partial charge in [-0.2, -0.15) is 0 Å². The van der Waals surface area contributed by atoms with E-state index in [1.54, 1.807) is 0 Å². The van der Waals surface area contributed by atoms with Crippen molar-refractivity contribution in [2.45, 2.75) is 18.7 Å². The van der Waals surface area contributed by atoms with Gasteiger partial charge in [-0.15, -0.1) is 0 Å². The minimum Gasteiger partial charge on any atom is -0.254 e. The van der Waals surface area contributed by atoms with Crippen molar-refractivity contribution in [1.29, 1.82) is 0 Å². The number of nitrogens with zero attached hydrogens (tertiary/aromatic N) is 1. The van der Waals surface area contributed by atoms with Crippen LogP contribution >= 0.6 is 15.9 Å². The van der Waals surface area contributed by atoms with Gasteiger partial charge in [0.1, 0.15) is 5.82 Å². The van der Waals surface area contributed by atoms with E-state index in [-0.39, 0.29) is 22.3 Å². The summed E-state index contributed by atoms with van der Waals surface area (Å²) in [5.74, 6) is -0.697. The van der Waals surface area contributed by atoms with Crippen LogP contribution in [-0.2, 0) is 5.33 Å². The van der Waals surface area contributed by atoms with Crippen LogP contribution in [0.1, 0.15) is 23.4 Å². The molecule has 1 aromatic heterocycles. The first-order valence-corrected chi connectivity index (χ1v) is 4.68. The van der Waals surface area contributed by atoms with Gasteiger partial charge in [-0.05, 0) is 13.0 Å². The summed E-state index contributed by atoms with van der Waals surface area (Å²) in [5.41, 5.74) is -0.0186. The Hall–Kier alpha value is -0.580. The molecule has 1 rings (SSSR count). The Morgan fingerprint density at radius 1 is 1.54 bits per heavy atom. The fourth-order valence-corrected chi connectivity index (χ4v) is 1.35. The van der Waals surface area contributed by atoms with Gasteiger partial charge in [0.2, 0.25) is 0 Å². The van der Waals surface area contributed by atoms with Gasteiger partial charge in [-0.25, -0.2) is 13.2 Å². The standard InChI is InChI=1S/C8H7BrF3N/c1-4-5(8(11)12)2-6(10)7(3-9)13-4/h2,8H,3H2,1H3. The zero-order chi connectivity index (χ0) is 10.0. The molecule has 0 fully saturated rings. The van der Waals surface area contributed by atoms with Crippen molar-refractivity contribution in [2.24, 2.45) is 0 Å². The first-order chi connectivity index (χ1) is 6.06. The fourth-order valence-electron chi connectivity index (χ4n) is 0.959. The Kier molecular flexibility index (Phi) is 3.30. The topological polar surface area (TPSA) is 12.9 Å². The van der Waals surface area contributed by atoms with Gasteiger partial charge >= 0.3 is 0 Å². The third-order valence-corrected chi connectivity index (χ3v) is 2.17. The maximum Gasteiger partial charge on any atom is 0.265 e. The van der Waals surface area contributed by atoms with Crippen LogP contribution in [0, 0.1) is 12.7 Å². The van der Waals surface area contributed by atoms with Crippen LogP contribution in [0.5, 0.6) is 0 Å². The largest absolute Gasteiger partial charge is 0.265 e. The predicted molar refractivity (Wildman–Crippen MR) is 46.5 cm³/mol. The molecule has 1 aromatic rings. The summed E-state index contributed by atoms with van der Waals surface area (Å²) in [6.45, 7) is 1.44. The van der Waals surface area contributed by atoms with Crippen molar-refractivity contribution in [3.8, 4) is 0 Å². The lowest BCUT2D eigenvalue weighted by atomic mass is 10.2. The van der Waals surface area contributed by atoms with Crippen LogP contribution in [0.25, 0.3) is 0 Å². The van der Waals surface area contributed by atoms with Gasteiger partial charge < -0.3 is 0 Å². The van der Waals surface area contributed by atoms with Crippen LogP contribution in [0.15, 0.2) is 6.07 Å². The molecule has 0 radical (unpaired) electrons. The zero-order valence-corrected chi connectivity index (χ0v) is 8.41. The molecule has 1 nitrogen and oxygen atoms in total. The van der Waals surface area contributed by atoms with E-state index >= 15 is 0 Å². The van der Waals surface area contributed by atoms with Crippen molar-refractivity contribution >= 4 is 15.9 Å². The molecule has 1 heterocycles. The van der Waals surface area contributed by atoms with Crippen molar-refractivity contribution < 1.29 is 13.2 Å². The minimum atomic E-state index is -2.67. The molecule has 0 unspecified atom stereocenters. The Balaban J connectivity index is 3.20. The van der Waals surface area contributed by atoms with E-state index in [1.165, 1.54) is 6.92 Å². The molecule has 0 saturated carbocycles. The number of aryl methyl sites for hydroxylation is 1. The van der Waals surface area contributed by atoms with Crippen LogP contribution in [-0.4, -0.2) is 4.98 Å². The summed E-state index contributed by atoms with van der Waals surface area (Å²) in [5, 5.41) is 0.225. The number of alkyl halides is 3. The second-order valence-electron chi connectivity index (χ2n) is 2.53. The number of hydrogen-bond donors (Lipinski definition) is 0. The number of rotatable bonds is 2. The summed E-state index contributed by atoms with van der Waals surface area (Å²) in [7, 11) is 0. The molecule has 0 aliphatic carbocycles. The first kappa shape index (κ1) is 10.5. The van der Waals surface area contributed by atoms with E-state index in [0.717, 1.165) is 6.07 Å². The molecule has 0 aliphatic heterocycles. The molecule has 0 bridgehead atoms. The molecule has 0 saturated heterocycles. The summed E-state index contributed by atoms with van der Waals surface area (Å²) in [6, 6.07) is 0.837. The Morgan fingerprint density at radius 2 is 2.15 bits per heavy atom. The molecule has 72 valence electrons. The molecule has 0 aliphatic rings. The normalized spacial score (nSPS) is 10.9. The van der Waals surface area contributed by atoms with Gasteiger partial charge in [-0.3, -0.25) is 4.98 Å². The lowest BCUT2D eigenvalue weighted by Crippen LogP contribution is -2.00. The lowest BCUT2D eigenvalue weighted by molar-refractivity contribution is 0.149. The minimum absolute atomic E-state index is 0.155. The highest BCUT2D eigenvalue weighted by molar-refractivity contribution is 9.08. The molecular weight excluding hydrogens is 247 g/mol. The highest BCUT2D eigenvalue weighted by Gasteiger charge is 2.15. The average Bonchev–Trinajstić information content (AvgIpc) is 2.07. The Labute approximate surface area is 82.1 Å². The second-order valence-corrected chi connectivity index (χ2v) is 3.09. The first-order valence-electron chi connectivity index (χ1n) is 3.56. The van der Waals surface area contributed by atoms with E-state index in [9.17, 15) is 13.2 Å². The van der Waals surface area contributed by atoms with Gasteiger partial charge in [-0.1, -0.05) is 15.9 Å². The SMILES string of the molecule is Cc1nc(CBr)c(F)cc1C(F)F. The monoisotopic (exact) mass is 253 g/mol. The molecular formula is C8H7BrF3N. The fraction of sp³-hybridized carbons (Fsp3) is 0.375. The van der Waals surface area contributed by atoms with Gasteiger partial charge in [0.15, 0.2) is 0 Å². The zero-order valence-electron chi connectivity index (χ0n) is 6.82. The highest BCUT2D eigenvalue weighted by atomic mass is 79.9. The highest BCUT2D eigenvalue weighted by Crippen LogP contribution is 2.23. The van der Waals surface area contributed by atoms with Crippen molar-refractivity contribution in [3.05, 3.63) is 28.8 Å². The number of hydrogen-bond acceptors (Lipinski definition) is 1. The van der Waals surface area contributed by atoms with Crippen LogP contribution < -0.4 is 0 Å². The summed E-state index contributed by atoms with van der Waals surface area (Å²) in [4.78, 5) is 3.71. The quantitative estimate of drug-likeness (QED) is 0.737.